The number of methoxy groups -OCH3 is 1. The Kier molecular flexibility index (Phi) is 5.18. The van der Waals surface area contributed by atoms with Crippen LogP contribution < -0.4 is 10.1 Å². The van der Waals surface area contributed by atoms with Gasteiger partial charge in [0.2, 0.25) is 0 Å². The van der Waals surface area contributed by atoms with Crippen LogP contribution in [-0.4, -0.2) is 29.3 Å². The lowest BCUT2D eigenvalue weighted by molar-refractivity contribution is -0.140. The molecule has 0 aliphatic carbocycles. The molecule has 19 heavy (non-hydrogen) atoms. The summed E-state index contributed by atoms with van der Waals surface area (Å²) in [6, 6.07) is 3.94. The van der Waals surface area contributed by atoms with Crippen LogP contribution in [0.2, 0.25) is 0 Å². The maximum Gasteiger partial charge on any atom is 0.320 e. The lowest BCUT2D eigenvalue weighted by Crippen LogP contribution is -2.42. The molecule has 5 nitrogen and oxygen atoms in total. The van der Waals surface area contributed by atoms with Crippen LogP contribution in [0, 0.1) is 5.92 Å². The Hall–Kier alpha value is -1.75. The molecule has 1 aromatic carbocycles. The van der Waals surface area contributed by atoms with Crippen LogP contribution in [0.1, 0.15) is 32.4 Å². The number of aromatic hydroxyl groups is 1. The molecule has 0 bridgehead atoms. The molecule has 0 saturated heterocycles. The maximum atomic E-state index is 11.2. The van der Waals surface area contributed by atoms with Crippen LogP contribution >= 0.6 is 0 Å². The van der Waals surface area contributed by atoms with E-state index in [4.69, 9.17) is 9.84 Å². The highest BCUT2D eigenvalue weighted by Gasteiger charge is 2.24. The fraction of sp³-hybridized carbons (Fsp3) is 0.500. The summed E-state index contributed by atoms with van der Waals surface area (Å²) in [5, 5.41) is 22.0. The molecule has 3 N–H and O–H groups in total. The minimum atomic E-state index is -0.899. The third-order valence-corrected chi connectivity index (χ3v) is 3.06. The molecule has 2 atom stereocenters. The van der Waals surface area contributed by atoms with E-state index in [1.54, 1.807) is 19.2 Å². The Labute approximate surface area is 113 Å². The van der Waals surface area contributed by atoms with Crippen LogP contribution in [0.25, 0.3) is 0 Å². The third kappa shape index (κ3) is 3.86. The van der Waals surface area contributed by atoms with Gasteiger partial charge in [-0.3, -0.25) is 10.1 Å². The Morgan fingerprint density at radius 2 is 1.95 bits per heavy atom. The van der Waals surface area contributed by atoms with Crippen LogP contribution in [-0.2, 0) is 4.79 Å². The number of aliphatic carboxylic acids is 1. The van der Waals surface area contributed by atoms with Crippen molar-refractivity contribution in [3.63, 3.8) is 0 Å². The number of hydrogen-bond donors (Lipinski definition) is 3. The number of phenols is 1. The highest BCUT2D eigenvalue weighted by atomic mass is 16.5. The Balaban J connectivity index is 2.93. The minimum Gasteiger partial charge on any atom is -0.508 e. The number of benzene rings is 1. The molecule has 1 rings (SSSR count). The Morgan fingerprint density at radius 3 is 2.42 bits per heavy atom. The average Bonchev–Trinajstić information content (AvgIpc) is 2.35. The lowest BCUT2D eigenvalue weighted by atomic mass is 10.0. The first-order valence-electron chi connectivity index (χ1n) is 6.22. The second-order valence-corrected chi connectivity index (χ2v) is 4.87. The monoisotopic (exact) mass is 267 g/mol. The third-order valence-electron chi connectivity index (χ3n) is 3.06. The van der Waals surface area contributed by atoms with Crippen LogP contribution in [0.15, 0.2) is 18.2 Å². The van der Waals surface area contributed by atoms with Crippen molar-refractivity contribution in [1.29, 1.82) is 0 Å². The number of hydrogen-bond acceptors (Lipinski definition) is 4. The molecule has 0 spiro atoms. The highest BCUT2D eigenvalue weighted by molar-refractivity contribution is 5.73. The van der Waals surface area contributed by atoms with E-state index in [0.29, 0.717) is 11.3 Å². The van der Waals surface area contributed by atoms with Crippen molar-refractivity contribution in [2.24, 2.45) is 5.92 Å². The van der Waals surface area contributed by atoms with Crippen molar-refractivity contribution in [2.45, 2.75) is 32.9 Å². The van der Waals surface area contributed by atoms with Crippen molar-refractivity contribution < 1.29 is 19.7 Å². The molecule has 0 heterocycles. The topological polar surface area (TPSA) is 78.8 Å². The van der Waals surface area contributed by atoms with Gasteiger partial charge in [0.15, 0.2) is 0 Å². The lowest BCUT2D eigenvalue weighted by Gasteiger charge is -2.24. The molecule has 0 aromatic heterocycles. The number of carboxylic acid groups (broad SMARTS) is 1. The number of nitrogens with one attached hydrogen (secondary N) is 1. The van der Waals surface area contributed by atoms with E-state index < -0.39 is 12.0 Å². The number of ether oxygens (including phenoxy) is 1. The molecule has 0 aliphatic heterocycles. The van der Waals surface area contributed by atoms with Gasteiger partial charge in [-0.05, 0) is 31.0 Å². The van der Waals surface area contributed by atoms with E-state index in [1.807, 2.05) is 20.8 Å². The number of carbonyl (C=O) groups is 1. The van der Waals surface area contributed by atoms with Gasteiger partial charge in [0.05, 0.1) is 7.11 Å². The highest BCUT2D eigenvalue weighted by Crippen LogP contribution is 2.28. The molecule has 0 fully saturated rings. The van der Waals surface area contributed by atoms with E-state index in [9.17, 15) is 9.90 Å². The van der Waals surface area contributed by atoms with Crippen LogP contribution in [0.5, 0.6) is 11.5 Å². The summed E-state index contributed by atoms with van der Waals surface area (Å²) in [5.74, 6) is -0.205. The molecule has 5 heteroatoms. The van der Waals surface area contributed by atoms with Crippen LogP contribution in [0.4, 0.5) is 0 Å². The molecule has 106 valence electrons. The normalized spacial score (nSPS) is 14.2. The van der Waals surface area contributed by atoms with Gasteiger partial charge < -0.3 is 14.9 Å². The van der Waals surface area contributed by atoms with E-state index in [-0.39, 0.29) is 17.7 Å². The largest absolute Gasteiger partial charge is 0.508 e. The fourth-order valence-corrected chi connectivity index (χ4v) is 1.91. The van der Waals surface area contributed by atoms with E-state index in [0.717, 1.165) is 0 Å². The average molecular weight is 267 g/mol. The zero-order valence-corrected chi connectivity index (χ0v) is 11.7. The Bertz CT molecular complexity index is 445. The summed E-state index contributed by atoms with van der Waals surface area (Å²) in [6.07, 6.45) is 0. The zero-order chi connectivity index (χ0) is 14.6. The second kappa shape index (κ2) is 6.43. The van der Waals surface area contributed by atoms with Crippen molar-refractivity contribution in [2.75, 3.05) is 7.11 Å². The van der Waals surface area contributed by atoms with Crippen molar-refractivity contribution in [1.82, 2.24) is 5.32 Å². The number of carboxylic acids is 1. The van der Waals surface area contributed by atoms with Gasteiger partial charge in [0, 0.05) is 11.6 Å². The van der Waals surface area contributed by atoms with Crippen molar-refractivity contribution in [3.05, 3.63) is 23.8 Å². The maximum absolute atomic E-state index is 11.2. The number of rotatable bonds is 6. The minimum absolute atomic E-state index is 0.0484. The summed E-state index contributed by atoms with van der Waals surface area (Å²) in [7, 11) is 1.54. The molecule has 0 saturated carbocycles. The SMILES string of the molecule is COc1ccc(O)c(C(C)NC(C(=O)O)C(C)C)c1. The molecular weight excluding hydrogens is 246 g/mol. The second-order valence-electron chi connectivity index (χ2n) is 4.87. The Morgan fingerprint density at radius 1 is 1.32 bits per heavy atom. The quantitative estimate of drug-likeness (QED) is 0.736. The smallest absolute Gasteiger partial charge is 0.320 e. The van der Waals surface area contributed by atoms with Gasteiger partial charge in [-0.25, -0.2) is 0 Å². The van der Waals surface area contributed by atoms with Gasteiger partial charge in [-0.2, -0.15) is 0 Å². The van der Waals surface area contributed by atoms with Gasteiger partial charge in [-0.15, -0.1) is 0 Å². The fourth-order valence-electron chi connectivity index (χ4n) is 1.91. The first-order chi connectivity index (χ1) is 8.86. The molecule has 1 aromatic rings. The van der Waals surface area contributed by atoms with Crippen molar-refractivity contribution >= 4 is 5.97 Å². The zero-order valence-electron chi connectivity index (χ0n) is 11.7. The van der Waals surface area contributed by atoms with Crippen molar-refractivity contribution in [3.8, 4) is 11.5 Å². The predicted octanol–water partition coefficient (Wildman–Crippen LogP) is 2.16. The van der Waals surface area contributed by atoms with E-state index >= 15 is 0 Å². The summed E-state index contributed by atoms with van der Waals surface area (Å²) >= 11 is 0. The van der Waals surface area contributed by atoms with E-state index in [1.165, 1.54) is 6.07 Å². The van der Waals surface area contributed by atoms with Crippen LogP contribution in [0.3, 0.4) is 0 Å². The molecule has 2 unspecified atom stereocenters. The van der Waals surface area contributed by atoms with Gasteiger partial charge >= 0.3 is 5.97 Å². The molecular formula is C14H21NO4. The summed E-state index contributed by atoms with van der Waals surface area (Å²) < 4.78 is 5.10. The van der Waals surface area contributed by atoms with Gasteiger partial charge in [-0.1, -0.05) is 13.8 Å². The van der Waals surface area contributed by atoms with Gasteiger partial charge in [0.25, 0.3) is 0 Å². The predicted molar refractivity (Wildman–Crippen MR) is 72.5 cm³/mol. The molecule has 0 radical (unpaired) electrons. The van der Waals surface area contributed by atoms with Gasteiger partial charge in [0.1, 0.15) is 17.5 Å². The molecule has 0 amide bonds. The van der Waals surface area contributed by atoms with E-state index in [2.05, 4.69) is 5.32 Å². The first-order valence-corrected chi connectivity index (χ1v) is 6.22. The number of phenolic OH excluding ortho intramolecular Hbond substituents is 1. The standard InChI is InChI=1S/C14H21NO4/c1-8(2)13(14(17)18)15-9(3)11-7-10(19-4)5-6-12(11)16/h5-9,13,15-16H,1-4H3,(H,17,18). The molecule has 0 aliphatic rings. The summed E-state index contributed by atoms with van der Waals surface area (Å²) in [4.78, 5) is 11.2. The summed E-state index contributed by atoms with van der Waals surface area (Å²) in [5.41, 5.74) is 0.617. The first kappa shape index (κ1) is 15.3. The summed E-state index contributed by atoms with van der Waals surface area (Å²) in [6.45, 7) is 5.49.